The fourth-order valence-corrected chi connectivity index (χ4v) is 2.02. The topological polar surface area (TPSA) is 104 Å². The predicted octanol–water partition coefficient (Wildman–Crippen LogP) is -1.15. The number of nitrogens with zero attached hydrogens (tertiary/aromatic N) is 2. The number of hydrogen-bond acceptors (Lipinski definition) is 5. The SMILES string of the molecule is CN1C(=O)CC(N2C(=O)NC(=O)C(C)(C)C2=O)C1=O. The van der Waals surface area contributed by atoms with Crippen LogP contribution in [0.3, 0.4) is 0 Å². The largest absolute Gasteiger partial charge is 0.331 e. The molecule has 1 unspecified atom stereocenters. The van der Waals surface area contributed by atoms with Crippen LogP contribution in [0.5, 0.6) is 0 Å². The molecular formula is C11H13N3O5. The first-order valence-electron chi connectivity index (χ1n) is 5.67. The molecule has 0 saturated carbocycles. The normalized spacial score (nSPS) is 27.1. The van der Waals surface area contributed by atoms with Crippen molar-refractivity contribution in [3.63, 3.8) is 0 Å². The van der Waals surface area contributed by atoms with E-state index >= 15 is 0 Å². The van der Waals surface area contributed by atoms with Crippen LogP contribution in [0.2, 0.25) is 0 Å². The maximum absolute atomic E-state index is 12.2. The fourth-order valence-electron chi connectivity index (χ4n) is 2.02. The smallest absolute Gasteiger partial charge is 0.284 e. The minimum absolute atomic E-state index is 0.251. The van der Waals surface area contributed by atoms with Gasteiger partial charge in [0.1, 0.15) is 11.5 Å². The summed E-state index contributed by atoms with van der Waals surface area (Å²) in [6.45, 7) is 2.71. The number of likely N-dealkylation sites (N-methyl/N-ethyl adjacent to an activating group) is 1. The van der Waals surface area contributed by atoms with Gasteiger partial charge >= 0.3 is 6.03 Å². The van der Waals surface area contributed by atoms with Crippen LogP contribution in [-0.4, -0.2) is 52.5 Å². The molecule has 2 aliphatic rings. The quantitative estimate of drug-likeness (QED) is 0.477. The number of carbonyl (C=O) groups excluding carboxylic acids is 5. The molecule has 8 heteroatoms. The van der Waals surface area contributed by atoms with E-state index in [1.54, 1.807) is 0 Å². The molecular weight excluding hydrogens is 254 g/mol. The molecule has 0 aromatic rings. The third kappa shape index (κ3) is 1.71. The minimum atomic E-state index is -1.45. The van der Waals surface area contributed by atoms with Gasteiger partial charge in [-0.3, -0.25) is 29.4 Å². The van der Waals surface area contributed by atoms with Crippen LogP contribution in [0.1, 0.15) is 20.3 Å². The highest BCUT2D eigenvalue weighted by Crippen LogP contribution is 2.28. The van der Waals surface area contributed by atoms with E-state index in [1.165, 1.54) is 20.9 Å². The van der Waals surface area contributed by atoms with Crippen molar-refractivity contribution in [1.29, 1.82) is 0 Å². The van der Waals surface area contributed by atoms with Gasteiger partial charge in [0.2, 0.25) is 17.7 Å². The number of rotatable bonds is 1. The Morgan fingerprint density at radius 2 is 1.74 bits per heavy atom. The van der Waals surface area contributed by atoms with Gasteiger partial charge in [-0.1, -0.05) is 0 Å². The Labute approximate surface area is 108 Å². The number of likely N-dealkylation sites (tertiary alicyclic amines) is 1. The summed E-state index contributed by atoms with van der Waals surface area (Å²) in [4.78, 5) is 60.3. The predicted molar refractivity (Wildman–Crippen MR) is 60.3 cm³/mol. The lowest BCUT2D eigenvalue weighted by Crippen LogP contribution is -2.65. The van der Waals surface area contributed by atoms with Gasteiger partial charge in [0.15, 0.2) is 0 Å². The Morgan fingerprint density at radius 3 is 2.21 bits per heavy atom. The number of nitrogens with one attached hydrogen (secondary N) is 1. The maximum atomic E-state index is 12.2. The standard InChI is InChI=1S/C11H13N3O5/c1-11(2)8(17)12-10(19)14(9(11)18)5-4-6(15)13(3)7(5)16/h5H,4H2,1-3H3,(H,12,17,19). The molecule has 0 aliphatic carbocycles. The molecule has 0 aromatic heterocycles. The van der Waals surface area contributed by atoms with Crippen molar-refractivity contribution in [1.82, 2.24) is 15.1 Å². The summed E-state index contributed by atoms with van der Waals surface area (Å²) >= 11 is 0. The van der Waals surface area contributed by atoms with Gasteiger partial charge < -0.3 is 0 Å². The van der Waals surface area contributed by atoms with Crippen LogP contribution in [0.15, 0.2) is 0 Å². The second kappa shape index (κ2) is 3.87. The summed E-state index contributed by atoms with van der Waals surface area (Å²) in [5.74, 6) is -2.59. The Bertz CT molecular complexity index is 524. The number of carbonyl (C=O) groups is 5. The van der Waals surface area contributed by atoms with Crippen molar-refractivity contribution in [2.75, 3.05) is 7.05 Å². The monoisotopic (exact) mass is 267 g/mol. The highest BCUT2D eigenvalue weighted by molar-refractivity contribution is 6.21. The highest BCUT2D eigenvalue weighted by Gasteiger charge is 2.53. The molecule has 2 saturated heterocycles. The van der Waals surface area contributed by atoms with Crippen LogP contribution < -0.4 is 5.32 Å². The van der Waals surface area contributed by atoms with Gasteiger partial charge in [-0.05, 0) is 13.8 Å². The number of amides is 6. The van der Waals surface area contributed by atoms with Crippen molar-refractivity contribution in [3.8, 4) is 0 Å². The van der Waals surface area contributed by atoms with Crippen molar-refractivity contribution < 1.29 is 24.0 Å². The van der Waals surface area contributed by atoms with E-state index in [9.17, 15) is 24.0 Å². The van der Waals surface area contributed by atoms with E-state index in [-0.39, 0.29) is 6.42 Å². The zero-order valence-corrected chi connectivity index (χ0v) is 10.7. The van der Waals surface area contributed by atoms with Gasteiger partial charge in [-0.25, -0.2) is 9.69 Å². The Kier molecular flexibility index (Phi) is 2.69. The fraction of sp³-hybridized carbons (Fsp3) is 0.545. The third-order valence-corrected chi connectivity index (χ3v) is 3.43. The van der Waals surface area contributed by atoms with Crippen LogP contribution in [0.4, 0.5) is 4.79 Å². The molecule has 1 N–H and O–H groups in total. The molecule has 0 bridgehead atoms. The van der Waals surface area contributed by atoms with Crippen molar-refractivity contribution in [3.05, 3.63) is 0 Å². The molecule has 2 fully saturated rings. The van der Waals surface area contributed by atoms with Gasteiger partial charge in [0.05, 0.1) is 6.42 Å². The summed E-state index contributed by atoms with van der Waals surface area (Å²) in [5.41, 5.74) is -1.45. The van der Waals surface area contributed by atoms with Gasteiger partial charge in [-0.2, -0.15) is 0 Å². The van der Waals surface area contributed by atoms with Crippen LogP contribution >= 0.6 is 0 Å². The molecule has 8 nitrogen and oxygen atoms in total. The van der Waals surface area contributed by atoms with Crippen LogP contribution in [0, 0.1) is 5.41 Å². The molecule has 19 heavy (non-hydrogen) atoms. The zero-order chi connectivity index (χ0) is 14.5. The highest BCUT2D eigenvalue weighted by atomic mass is 16.2. The van der Waals surface area contributed by atoms with Crippen LogP contribution in [-0.2, 0) is 19.2 Å². The zero-order valence-electron chi connectivity index (χ0n) is 10.7. The van der Waals surface area contributed by atoms with Gasteiger partial charge in [0.25, 0.3) is 5.91 Å². The van der Waals surface area contributed by atoms with Gasteiger partial charge in [0, 0.05) is 7.05 Å². The van der Waals surface area contributed by atoms with Gasteiger partial charge in [-0.15, -0.1) is 0 Å². The lowest BCUT2D eigenvalue weighted by Gasteiger charge is -2.36. The summed E-state index contributed by atoms with van der Waals surface area (Å²) < 4.78 is 0. The van der Waals surface area contributed by atoms with E-state index in [1.807, 2.05) is 5.32 Å². The first-order chi connectivity index (χ1) is 8.67. The average Bonchev–Trinajstić information content (AvgIpc) is 2.56. The average molecular weight is 267 g/mol. The molecule has 0 spiro atoms. The molecule has 1 atom stereocenters. The number of hydrogen-bond donors (Lipinski definition) is 1. The molecule has 102 valence electrons. The first-order valence-corrected chi connectivity index (χ1v) is 5.67. The Hall–Kier alpha value is -2.25. The molecule has 2 aliphatic heterocycles. The number of imide groups is 3. The second-order valence-corrected chi connectivity index (χ2v) is 5.07. The number of urea groups is 1. The molecule has 6 amide bonds. The molecule has 2 rings (SSSR count). The molecule has 0 radical (unpaired) electrons. The van der Waals surface area contributed by atoms with E-state index < -0.39 is 41.1 Å². The van der Waals surface area contributed by atoms with E-state index in [2.05, 4.69) is 0 Å². The second-order valence-electron chi connectivity index (χ2n) is 5.07. The first kappa shape index (κ1) is 13.2. The maximum Gasteiger partial charge on any atom is 0.331 e. The van der Waals surface area contributed by atoms with E-state index in [4.69, 9.17) is 0 Å². The number of barbiturate groups is 1. The molecule has 0 aromatic carbocycles. The summed E-state index contributed by atoms with van der Waals surface area (Å²) in [6.07, 6.45) is -0.251. The summed E-state index contributed by atoms with van der Waals surface area (Å²) in [6, 6.07) is -2.13. The lowest BCUT2D eigenvalue weighted by atomic mass is 9.88. The van der Waals surface area contributed by atoms with E-state index in [0.29, 0.717) is 4.90 Å². The lowest BCUT2D eigenvalue weighted by molar-refractivity contribution is -0.153. The van der Waals surface area contributed by atoms with Crippen molar-refractivity contribution in [2.45, 2.75) is 26.3 Å². The third-order valence-electron chi connectivity index (χ3n) is 3.43. The minimum Gasteiger partial charge on any atom is -0.284 e. The van der Waals surface area contributed by atoms with E-state index in [0.717, 1.165) is 4.90 Å². The summed E-state index contributed by atoms with van der Waals surface area (Å²) in [7, 11) is 1.29. The molecule has 2 heterocycles. The summed E-state index contributed by atoms with van der Waals surface area (Å²) in [5, 5.41) is 2.02. The Morgan fingerprint density at radius 1 is 1.16 bits per heavy atom. The Balaban J connectivity index is 2.37. The van der Waals surface area contributed by atoms with Crippen molar-refractivity contribution in [2.24, 2.45) is 5.41 Å². The van der Waals surface area contributed by atoms with Crippen LogP contribution in [0.25, 0.3) is 0 Å². The van der Waals surface area contributed by atoms with Crippen molar-refractivity contribution >= 4 is 29.7 Å².